The van der Waals surface area contributed by atoms with Crippen LogP contribution in [0.25, 0.3) is 0 Å². The smallest absolute Gasteiger partial charge is 0.0591 e. The average molecular weight is 114 g/mol. The fraction of sp³-hybridized carbons (Fsp3) is 1.00. The summed E-state index contributed by atoms with van der Waals surface area (Å²) >= 11 is 0. The molecule has 0 aromatic rings. The fourth-order valence-electron chi connectivity index (χ4n) is 1.43. The Morgan fingerprint density at radius 3 is 1.62 bits per heavy atom. The summed E-state index contributed by atoms with van der Waals surface area (Å²) in [6.45, 7) is 4.24. The maximum Gasteiger partial charge on any atom is 0.0591 e. The first-order valence-electron chi connectivity index (χ1n) is 3.40. The lowest BCUT2D eigenvalue weighted by Crippen LogP contribution is -2.15. The van der Waals surface area contributed by atoms with E-state index in [1.165, 1.54) is 12.8 Å². The maximum atomic E-state index is 9.27. The number of aliphatic hydroxyl groups is 1. The molecule has 1 fully saturated rings. The number of rotatable bonds is 0. The van der Waals surface area contributed by atoms with Gasteiger partial charge in [0.2, 0.25) is 0 Å². The summed E-state index contributed by atoms with van der Waals surface area (Å²) in [7, 11) is 0. The lowest BCUT2D eigenvalue weighted by Gasteiger charge is -2.10. The Hall–Kier alpha value is -0.0400. The summed E-state index contributed by atoms with van der Waals surface area (Å²) in [6, 6.07) is 0. The molecule has 1 aliphatic rings. The highest BCUT2D eigenvalue weighted by atomic mass is 16.3. The molecule has 2 atom stereocenters. The third-order valence-electron chi connectivity index (χ3n) is 2.24. The third kappa shape index (κ3) is 0.873. The molecule has 0 unspecified atom stereocenters. The predicted molar refractivity (Wildman–Crippen MR) is 33.6 cm³/mol. The first-order valence-corrected chi connectivity index (χ1v) is 3.40. The zero-order valence-electron chi connectivity index (χ0n) is 5.59. The topological polar surface area (TPSA) is 20.2 Å². The molecule has 0 heterocycles. The van der Waals surface area contributed by atoms with Gasteiger partial charge in [-0.15, -0.1) is 0 Å². The molecule has 1 nitrogen and oxygen atoms in total. The lowest BCUT2D eigenvalue weighted by molar-refractivity contribution is 0.105. The Morgan fingerprint density at radius 1 is 1.12 bits per heavy atom. The van der Waals surface area contributed by atoms with E-state index in [2.05, 4.69) is 13.8 Å². The zero-order chi connectivity index (χ0) is 6.15. The van der Waals surface area contributed by atoms with Crippen molar-refractivity contribution in [2.45, 2.75) is 32.8 Å². The van der Waals surface area contributed by atoms with Gasteiger partial charge in [0.15, 0.2) is 0 Å². The SMILES string of the molecule is C[C@@H]1CC[C@@H](C)C1O. The van der Waals surface area contributed by atoms with Crippen molar-refractivity contribution in [1.82, 2.24) is 0 Å². The highest BCUT2D eigenvalue weighted by molar-refractivity contribution is 4.78. The van der Waals surface area contributed by atoms with Gasteiger partial charge in [-0.1, -0.05) is 13.8 Å². The van der Waals surface area contributed by atoms with Crippen molar-refractivity contribution >= 4 is 0 Å². The van der Waals surface area contributed by atoms with E-state index in [0.29, 0.717) is 11.8 Å². The van der Waals surface area contributed by atoms with Gasteiger partial charge in [-0.3, -0.25) is 0 Å². The van der Waals surface area contributed by atoms with E-state index in [9.17, 15) is 5.11 Å². The average Bonchev–Trinajstić information content (AvgIpc) is 1.98. The molecular weight excluding hydrogens is 100 g/mol. The first kappa shape index (κ1) is 6.09. The van der Waals surface area contributed by atoms with Crippen LogP contribution in [0, 0.1) is 11.8 Å². The summed E-state index contributed by atoms with van der Waals surface area (Å²) in [5, 5.41) is 9.27. The number of aliphatic hydroxyl groups excluding tert-OH is 1. The molecule has 0 bridgehead atoms. The van der Waals surface area contributed by atoms with Gasteiger partial charge in [-0.25, -0.2) is 0 Å². The van der Waals surface area contributed by atoms with E-state index in [1.54, 1.807) is 0 Å². The van der Waals surface area contributed by atoms with E-state index in [1.807, 2.05) is 0 Å². The van der Waals surface area contributed by atoms with Gasteiger partial charge in [-0.05, 0) is 24.7 Å². The summed E-state index contributed by atoms with van der Waals surface area (Å²) < 4.78 is 0. The normalized spacial score (nSPS) is 40.9. The summed E-state index contributed by atoms with van der Waals surface area (Å²) in [6.07, 6.45) is 2.40. The fourth-order valence-corrected chi connectivity index (χ4v) is 1.43. The second-order valence-electron chi connectivity index (χ2n) is 3.02. The summed E-state index contributed by atoms with van der Waals surface area (Å²) in [4.78, 5) is 0. The molecule has 0 radical (unpaired) electrons. The van der Waals surface area contributed by atoms with Crippen LogP contribution in [0.2, 0.25) is 0 Å². The highest BCUT2D eigenvalue weighted by Crippen LogP contribution is 2.29. The quantitative estimate of drug-likeness (QED) is 0.505. The number of hydrogen-bond acceptors (Lipinski definition) is 1. The maximum absolute atomic E-state index is 9.27. The van der Waals surface area contributed by atoms with E-state index < -0.39 is 0 Å². The molecule has 0 aliphatic heterocycles. The van der Waals surface area contributed by atoms with Gasteiger partial charge >= 0.3 is 0 Å². The molecule has 0 aromatic carbocycles. The third-order valence-corrected chi connectivity index (χ3v) is 2.24. The molecule has 48 valence electrons. The molecule has 0 amide bonds. The Kier molecular flexibility index (Phi) is 1.57. The van der Waals surface area contributed by atoms with Crippen molar-refractivity contribution in [1.29, 1.82) is 0 Å². The van der Waals surface area contributed by atoms with Crippen LogP contribution in [0.5, 0.6) is 0 Å². The molecule has 1 heteroatoms. The van der Waals surface area contributed by atoms with Crippen molar-refractivity contribution in [3.63, 3.8) is 0 Å². The Morgan fingerprint density at radius 2 is 1.50 bits per heavy atom. The second-order valence-corrected chi connectivity index (χ2v) is 3.02. The minimum absolute atomic E-state index is 0.0185. The van der Waals surface area contributed by atoms with Crippen LogP contribution in [-0.2, 0) is 0 Å². The van der Waals surface area contributed by atoms with E-state index in [0.717, 1.165) is 0 Å². The molecule has 1 N–H and O–H groups in total. The molecular formula is C7H14O. The van der Waals surface area contributed by atoms with Crippen LogP contribution in [0.4, 0.5) is 0 Å². The molecule has 0 spiro atoms. The van der Waals surface area contributed by atoms with Crippen molar-refractivity contribution in [2.24, 2.45) is 11.8 Å². The largest absolute Gasteiger partial charge is 0.393 e. The van der Waals surface area contributed by atoms with Crippen LogP contribution in [0.3, 0.4) is 0 Å². The number of hydrogen-bond donors (Lipinski definition) is 1. The zero-order valence-corrected chi connectivity index (χ0v) is 5.59. The van der Waals surface area contributed by atoms with Crippen molar-refractivity contribution in [2.75, 3.05) is 0 Å². The van der Waals surface area contributed by atoms with Crippen LogP contribution in [0.1, 0.15) is 26.7 Å². The van der Waals surface area contributed by atoms with Crippen molar-refractivity contribution < 1.29 is 5.11 Å². The standard InChI is InChI=1S/C7H14O/c1-5-3-4-6(2)7(5)8/h5-8H,3-4H2,1-2H3/t5-,6-/m1/s1. The second kappa shape index (κ2) is 2.06. The van der Waals surface area contributed by atoms with Crippen molar-refractivity contribution in [3.05, 3.63) is 0 Å². The minimum atomic E-state index is -0.0185. The molecule has 1 aliphatic carbocycles. The lowest BCUT2D eigenvalue weighted by atomic mass is 10.1. The Labute approximate surface area is 50.7 Å². The molecule has 8 heavy (non-hydrogen) atoms. The molecule has 1 rings (SSSR count). The van der Waals surface area contributed by atoms with E-state index >= 15 is 0 Å². The first-order chi connectivity index (χ1) is 3.72. The van der Waals surface area contributed by atoms with Gasteiger partial charge in [-0.2, -0.15) is 0 Å². The van der Waals surface area contributed by atoms with Gasteiger partial charge < -0.3 is 5.11 Å². The van der Waals surface area contributed by atoms with Gasteiger partial charge in [0.05, 0.1) is 6.10 Å². The van der Waals surface area contributed by atoms with Crippen LogP contribution in [-0.4, -0.2) is 11.2 Å². The van der Waals surface area contributed by atoms with Gasteiger partial charge in [0, 0.05) is 0 Å². The molecule has 1 saturated carbocycles. The van der Waals surface area contributed by atoms with Crippen LogP contribution in [0.15, 0.2) is 0 Å². The summed E-state index contributed by atoms with van der Waals surface area (Å²) in [5.41, 5.74) is 0. The van der Waals surface area contributed by atoms with Gasteiger partial charge in [0.25, 0.3) is 0 Å². The van der Waals surface area contributed by atoms with Crippen molar-refractivity contribution in [3.8, 4) is 0 Å². The Balaban J connectivity index is 2.44. The van der Waals surface area contributed by atoms with E-state index in [4.69, 9.17) is 0 Å². The Bertz CT molecular complexity index is 70.5. The highest BCUT2D eigenvalue weighted by Gasteiger charge is 2.27. The van der Waals surface area contributed by atoms with Gasteiger partial charge in [0.1, 0.15) is 0 Å². The monoisotopic (exact) mass is 114 g/mol. The van der Waals surface area contributed by atoms with Crippen LogP contribution >= 0.6 is 0 Å². The predicted octanol–water partition coefficient (Wildman–Crippen LogP) is 1.41. The molecule has 0 saturated heterocycles. The molecule has 0 aromatic heterocycles. The van der Waals surface area contributed by atoms with Crippen LogP contribution < -0.4 is 0 Å². The minimum Gasteiger partial charge on any atom is -0.393 e. The summed E-state index contributed by atoms with van der Waals surface area (Å²) in [5.74, 6) is 1.09. The van der Waals surface area contributed by atoms with E-state index in [-0.39, 0.29) is 6.10 Å².